The van der Waals surface area contributed by atoms with E-state index in [4.69, 9.17) is 4.98 Å². The highest BCUT2D eigenvalue weighted by atomic mass is 19.1. The Labute approximate surface area is 179 Å². The molecule has 0 aliphatic heterocycles. The lowest BCUT2D eigenvalue weighted by molar-refractivity contribution is 0.607. The molecule has 6 nitrogen and oxygen atoms in total. The van der Waals surface area contributed by atoms with Gasteiger partial charge in [-0.2, -0.15) is 0 Å². The standard InChI is InChI=1S/C24H21FN6/c1-15-23(30(3)29-28-15)18-9-11-20-22(13-18)31(16(2)27-20)24(17-7-5-4-6-8-17)21-12-10-19(25)14-26-21/h4-14,24H,1-3H3/t24-/m1/s1. The summed E-state index contributed by atoms with van der Waals surface area (Å²) in [6, 6.07) is 19.2. The van der Waals surface area contributed by atoms with E-state index in [0.29, 0.717) is 0 Å². The van der Waals surface area contributed by atoms with E-state index in [0.717, 1.165) is 45.1 Å². The number of rotatable bonds is 4. The Balaban J connectivity index is 1.77. The van der Waals surface area contributed by atoms with Crippen molar-refractivity contribution in [1.29, 1.82) is 0 Å². The van der Waals surface area contributed by atoms with Crippen LogP contribution in [0.25, 0.3) is 22.3 Å². The van der Waals surface area contributed by atoms with E-state index in [-0.39, 0.29) is 11.9 Å². The predicted octanol–water partition coefficient (Wildman–Crippen LogP) is 4.62. The number of fused-ring (bicyclic) bond motifs is 1. The van der Waals surface area contributed by atoms with E-state index in [2.05, 4.69) is 38.1 Å². The molecule has 0 saturated carbocycles. The molecule has 0 aliphatic carbocycles. The van der Waals surface area contributed by atoms with Gasteiger partial charge >= 0.3 is 0 Å². The van der Waals surface area contributed by atoms with Crippen LogP contribution >= 0.6 is 0 Å². The molecule has 7 heteroatoms. The summed E-state index contributed by atoms with van der Waals surface area (Å²) in [6.45, 7) is 3.93. The van der Waals surface area contributed by atoms with Gasteiger partial charge in [-0.25, -0.2) is 14.1 Å². The smallest absolute Gasteiger partial charge is 0.141 e. The average Bonchev–Trinajstić information content (AvgIpc) is 3.28. The highest BCUT2D eigenvalue weighted by molar-refractivity contribution is 5.83. The molecule has 1 atom stereocenters. The van der Waals surface area contributed by atoms with E-state index in [1.165, 1.54) is 12.3 Å². The number of benzene rings is 2. The number of nitrogens with zero attached hydrogens (tertiary/aromatic N) is 6. The summed E-state index contributed by atoms with van der Waals surface area (Å²) in [5.41, 5.74) is 6.49. The zero-order valence-corrected chi connectivity index (χ0v) is 17.5. The SMILES string of the molecule is Cc1nnn(C)c1-c1ccc2nc(C)n([C@H](c3ccccc3)c3ccc(F)cn3)c2c1. The van der Waals surface area contributed by atoms with E-state index in [1.807, 2.05) is 51.2 Å². The van der Waals surface area contributed by atoms with Crippen LogP contribution in [0.2, 0.25) is 0 Å². The second-order valence-corrected chi connectivity index (χ2v) is 7.59. The lowest BCUT2D eigenvalue weighted by Gasteiger charge is -2.21. The predicted molar refractivity (Wildman–Crippen MR) is 117 cm³/mol. The molecule has 0 amide bonds. The monoisotopic (exact) mass is 412 g/mol. The number of aromatic nitrogens is 6. The van der Waals surface area contributed by atoms with Crippen LogP contribution in [0.3, 0.4) is 0 Å². The van der Waals surface area contributed by atoms with Crippen molar-refractivity contribution in [2.45, 2.75) is 19.9 Å². The second kappa shape index (κ2) is 7.43. The second-order valence-electron chi connectivity index (χ2n) is 7.59. The molecule has 154 valence electrons. The lowest BCUT2D eigenvalue weighted by Crippen LogP contribution is -2.15. The topological polar surface area (TPSA) is 61.4 Å². The molecule has 0 saturated heterocycles. The van der Waals surface area contributed by atoms with Gasteiger partial charge in [-0.3, -0.25) is 4.98 Å². The van der Waals surface area contributed by atoms with Crippen molar-refractivity contribution < 1.29 is 4.39 Å². The third-order valence-electron chi connectivity index (χ3n) is 5.54. The van der Waals surface area contributed by atoms with Gasteiger partial charge in [-0.05, 0) is 43.7 Å². The molecule has 0 aliphatic rings. The maximum absolute atomic E-state index is 13.6. The van der Waals surface area contributed by atoms with Gasteiger partial charge in [-0.1, -0.05) is 41.6 Å². The van der Waals surface area contributed by atoms with Gasteiger partial charge in [0, 0.05) is 12.6 Å². The average molecular weight is 412 g/mol. The Morgan fingerprint density at radius 2 is 1.77 bits per heavy atom. The van der Waals surface area contributed by atoms with Crippen LogP contribution in [0.15, 0.2) is 66.9 Å². The minimum absolute atomic E-state index is 0.243. The van der Waals surface area contributed by atoms with Crippen LogP contribution in [-0.2, 0) is 7.05 Å². The van der Waals surface area contributed by atoms with E-state index < -0.39 is 0 Å². The zero-order chi connectivity index (χ0) is 21.5. The minimum Gasteiger partial charge on any atom is -0.315 e. The number of pyridine rings is 1. The highest BCUT2D eigenvalue weighted by Crippen LogP contribution is 2.33. The van der Waals surface area contributed by atoms with E-state index in [1.54, 1.807) is 10.7 Å². The van der Waals surface area contributed by atoms with Crippen LogP contribution in [0.1, 0.15) is 28.8 Å². The number of hydrogen-bond donors (Lipinski definition) is 0. The fraction of sp³-hybridized carbons (Fsp3) is 0.167. The molecule has 31 heavy (non-hydrogen) atoms. The summed E-state index contributed by atoms with van der Waals surface area (Å²) < 4.78 is 17.6. The summed E-state index contributed by atoms with van der Waals surface area (Å²) in [4.78, 5) is 9.20. The molecule has 0 unspecified atom stereocenters. The van der Waals surface area contributed by atoms with Gasteiger partial charge in [0.1, 0.15) is 17.7 Å². The first-order valence-electron chi connectivity index (χ1n) is 10.0. The summed E-state index contributed by atoms with van der Waals surface area (Å²) in [7, 11) is 1.89. The Morgan fingerprint density at radius 1 is 0.968 bits per heavy atom. The van der Waals surface area contributed by atoms with Crippen LogP contribution in [-0.4, -0.2) is 29.5 Å². The maximum atomic E-state index is 13.6. The third kappa shape index (κ3) is 3.28. The van der Waals surface area contributed by atoms with Gasteiger partial charge in [0.2, 0.25) is 0 Å². The molecular formula is C24H21FN6. The molecule has 3 aromatic heterocycles. The first-order valence-corrected chi connectivity index (χ1v) is 10.0. The van der Waals surface area contributed by atoms with Crippen molar-refractivity contribution in [2.75, 3.05) is 0 Å². The minimum atomic E-state index is -0.357. The number of aryl methyl sites for hydroxylation is 3. The Hall–Kier alpha value is -3.87. The Kier molecular flexibility index (Phi) is 4.58. The van der Waals surface area contributed by atoms with Crippen LogP contribution in [0, 0.1) is 19.7 Å². The number of halogens is 1. The molecule has 0 bridgehead atoms. The molecule has 0 radical (unpaired) electrons. The molecule has 0 N–H and O–H groups in total. The van der Waals surface area contributed by atoms with Gasteiger partial charge in [-0.15, -0.1) is 5.10 Å². The zero-order valence-electron chi connectivity index (χ0n) is 17.5. The van der Waals surface area contributed by atoms with Gasteiger partial charge in [0.25, 0.3) is 0 Å². The first kappa shape index (κ1) is 19.1. The summed E-state index contributed by atoms with van der Waals surface area (Å²) in [5, 5.41) is 8.32. The van der Waals surface area contributed by atoms with Gasteiger partial charge < -0.3 is 4.57 Å². The van der Waals surface area contributed by atoms with Crippen molar-refractivity contribution in [1.82, 2.24) is 29.5 Å². The van der Waals surface area contributed by atoms with Crippen LogP contribution < -0.4 is 0 Å². The number of hydrogen-bond acceptors (Lipinski definition) is 4. The maximum Gasteiger partial charge on any atom is 0.141 e. The molecule has 5 rings (SSSR count). The van der Waals surface area contributed by atoms with Crippen molar-refractivity contribution in [3.8, 4) is 11.3 Å². The quantitative estimate of drug-likeness (QED) is 0.432. The van der Waals surface area contributed by atoms with Crippen LogP contribution in [0.5, 0.6) is 0 Å². The molecular weight excluding hydrogens is 391 g/mol. The Bertz CT molecular complexity index is 1350. The third-order valence-corrected chi connectivity index (χ3v) is 5.54. The molecule has 0 fully saturated rings. The highest BCUT2D eigenvalue weighted by Gasteiger charge is 2.23. The van der Waals surface area contributed by atoms with Crippen molar-refractivity contribution in [2.24, 2.45) is 7.05 Å². The van der Waals surface area contributed by atoms with Crippen molar-refractivity contribution >= 4 is 11.0 Å². The van der Waals surface area contributed by atoms with Gasteiger partial charge in [0.15, 0.2) is 0 Å². The molecule has 3 heterocycles. The Morgan fingerprint density at radius 3 is 2.45 bits per heavy atom. The summed E-state index contributed by atoms with van der Waals surface area (Å²) in [5.74, 6) is 0.497. The molecule has 5 aromatic rings. The lowest BCUT2D eigenvalue weighted by atomic mass is 10.0. The van der Waals surface area contributed by atoms with Crippen molar-refractivity contribution in [3.05, 3.63) is 95.5 Å². The largest absolute Gasteiger partial charge is 0.315 e. The fourth-order valence-electron chi connectivity index (χ4n) is 4.18. The van der Waals surface area contributed by atoms with E-state index >= 15 is 0 Å². The van der Waals surface area contributed by atoms with E-state index in [9.17, 15) is 4.39 Å². The van der Waals surface area contributed by atoms with Crippen molar-refractivity contribution in [3.63, 3.8) is 0 Å². The van der Waals surface area contributed by atoms with Gasteiger partial charge in [0.05, 0.1) is 34.3 Å². The first-order chi connectivity index (χ1) is 15.0. The normalized spacial score (nSPS) is 12.4. The summed E-state index contributed by atoms with van der Waals surface area (Å²) >= 11 is 0. The molecule has 2 aromatic carbocycles. The summed E-state index contributed by atoms with van der Waals surface area (Å²) in [6.07, 6.45) is 1.26. The fourth-order valence-corrected chi connectivity index (χ4v) is 4.18. The number of imidazole rings is 1. The van der Waals surface area contributed by atoms with Crippen LogP contribution in [0.4, 0.5) is 4.39 Å². The molecule has 0 spiro atoms.